The zero-order valence-corrected chi connectivity index (χ0v) is 12.7. The van der Waals surface area contributed by atoms with Gasteiger partial charge in [-0.15, -0.1) is 10.2 Å². The largest absolute Gasteiger partial charge is 0.317 e. The van der Waals surface area contributed by atoms with Gasteiger partial charge in [-0.2, -0.15) is 0 Å². The van der Waals surface area contributed by atoms with E-state index in [0.29, 0.717) is 5.92 Å². The van der Waals surface area contributed by atoms with Crippen molar-refractivity contribution >= 4 is 11.8 Å². The first kappa shape index (κ1) is 13.6. The third-order valence-corrected chi connectivity index (χ3v) is 4.88. The lowest BCUT2D eigenvalue weighted by Crippen LogP contribution is -2.27. The van der Waals surface area contributed by atoms with Crippen molar-refractivity contribution in [3.05, 3.63) is 29.7 Å². The summed E-state index contributed by atoms with van der Waals surface area (Å²) < 4.78 is 2.12. The Morgan fingerprint density at radius 3 is 2.85 bits per heavy atom. The van der Waals surface area contributed by atoms with Crippen molar-refractivity contribution in [2.45, 2.75) is 35.9 Å². The first-order valence-electron chi connectivity index (χ1n) is 6.95. The quantitative estimate of drug-likeness (QED) is 0.938. The van der Waals surface area contributed by atoms with Gasteiger partial charge in [0.15, 0.2) is 5.16 Å². The fraction of sp³-hybridized carbons (Fsp3) is 0.500. The molecule has 0 atom stereocenters. The van der Waals surface area contributed by atoms with Gasteiger partial charge in [-0.1, -0.05) is 6.07 Å². The van der Waals surface area contributed by atoms with E-state index < -0.39 is 0 Å². The molecule has 5 nitrogen and oxygen atoms in total. The Balaban J connectivity index is 1.81. The molecule has 0 saturated carbocycles. The summed E-state index contributed by atoms with van der Waals surface area (Å²) in [5.74, 6) is 1.62. The molecular formula is C14H19N5S. The molecule has 0 aromatic carbocycles. The fourth-order valence-corrected chi connectivity index (χ4v) is 3.34. The van der Waals surface area contributed by atoms with Gasteiger partial charge in [0, 0.05) is 19.2 Å². The third kappa shape index (κ3) is 2.71. The van der Waals surface area contributed by atoms with E-state index in [4.69, 9.17) is 0 Å². The van der Waals surface area contributed by atoms with E-state index in [0.717, 1.165) is 41.9 Å². The number of rotatable bonds is 3. The van der Waals surface area contributed by atoms with E-state index in [1.165, 1.54) is 5.56 Å². The normalized spacial score (nSPS) is 16.5. The van der Waals surface area contributed by atoms with Crippen LogP contribution < -0.4 is 5.32 Å². The van der Waals surface area contributed by atoms with Crippen LogP contribution in [0.1, 0.15) is 30.1 Å². The summed E-state index contributed by atoms with van der Waals surface area (Å²) in [6, 6.07) is 4.02. The van der Waals surface area contributed by atoms with Crippen LogP contribution in [-0.4, -0.2) is 32.8 Å². The Morgan fingerprint density at radius 1 is 1.30 bits per heavy atom. The fourth-order valence-electron chi connectivity index (χ4n) is 2.52. The molecule has 2 aromatic rings. The number of nitrogens with one attached hydrogen (secondary N) is 1. The standard InChI is InChI=1S/C14H19N5S/c1-10-4-3-7-16-13(10)20-14-18-17-12(19(14)2)11-5-8-15-9-6-11/h3-4,7,11,15H,5-6,8-9H2,1-2H3. The van der Waals surface area contributed by atoms with Crippen LogP contribution in [0.5, 0.6) is 0 Å². The van der Waals surface area contributed by atoms with Crippen LogP contribution in [0.2, 0.25) is 0 Å². The molecule has 1 aliphatic heterocycles. The number of aryl methyl sites for hydroxylation is 1. The van der Waals surface area contributed by atoms with Gasteiger partial charge in [0.2, 0.25) is 0 Å². The van der Waals surface area contributed by atoms with Gasteiger partial charge < -0.3 is 9.88 Å². The molecule has 3 rings (SSSR count). The van der Waals surface area contributed by atoms with Gasteiger partial charge in [0.1, 0.15) is 10.9 Å². The van der Waals surface area contributed by atoms with Crippen LogP contribution in [0.3, 0.4) is 0 Å². The van der Waals surface area contributed by atoms with E-state index in [2.05, 4.69) is 45.1 Å². The summed E-state index contributed by atoms with van der Waals surface area (Å²) in [5, 5.41) is 14.0. The number of pyridine rings is 1. The van der Waals surface area contributed by atoms with Crippen LogP contribution in [-0.2, 0) is 7.05 Å². The minimum Gasteiger partial charge on any atom is -0.317 e. The Labute approximate surface area is 123 Å². The summed E-state index contributed by atoms with van der Waals surface area (Å²) in [5.41, 5.74) is 1.17. The van der Waals surface area contributed by atoms with Crippen LogP contribution >= 0.6 is 11.8 Å². The van der Waals surface area contributed by atoms with Crippen molar-refractivity contribution in [1.29, 1.82) is 0 Å². The highest BCUT2D eigenvalue weighted by molar-refractivity contribution is 7.99. The van der Waals surface area contributed by atoms with Crippen LogP contribution in [0.25, 0.3) is 0 Å². The van der Waals surface area contributed by atoms with Crippen molar-refractivity contribution < 1.29 is 0 Å². The second-order valence-electron chi connectivity index (χ2n) is 5.15. The maximum atomic E-state index is 4.41. The average molecular weight is 289 g/mol. The maximum absolute atomic E-state index is 4.41. The average Bonchev–Trinajstić information content (AvgIpc) is 2.84. The summed E-state index contributed by atoms with van der Waals surface area (Å²) >= 11 is 1.59. The van der Waals surface area contributed by atoms with E-state index in [9.17, 15) is 0 Å². The molecule has 1 saturated heterocycles. The first-order chi connectivity index (χ1) is 9.75. The summed E-state index contributed by atoms with van der Waals surface area (Å²) in [4.78, 5) is 4.41. The van der Waals surface area contributed by atoms with Crippen molar-refractivity contribution in [3.8, 4) is 0 Å². The van der Waals surface area contributed by atoms with Crippen molar-refractivity contribution in [2.75, 3.05) is 13.1 Å². The number of piperidine rings is 1. The number of nitrogens with zero attached hydrogens (tertiary/aromatic N) is 4. The highest BCUT2D eigenvalue weighted by Gasteiger charge is 2.22. The minimum absolute atomic E-state index is 0.521. The van der Waals surface area contributed by atoms with Crippen molar-refractivity contribution in [2.24, 2.45) is 7.05 Å². The van der Waals surface area contributed by atoms with E-state index >= 15 is 0 Å². The van der Waals surface area contributed by atoms with Gasteiger partial charge in [-0.3, -0.25) is 0 Å². The zero-order valence-electron chi connectivity index (χ0n) is 11.8. The maximum Gasteiger partial charge on any atom is 0.197 e. The Hall–Kier alpha value is -1.40. The molecule has 2 aromatic heterocycles. The predicted molar refractivity (Wildman–Crippen MR) is 78.9 cm³/mol. The van der Waals surface area contributed by atoms with Crippen molar-refractivity contribution in [1.82, 2.24) is 25.1 Å². The zero-order chi connectivity index (χ0) is 13.9. The third-order valence-electron chi connectivity index (χ3n) is 3.72. The molecule has 6 heteroatoms. The molecule has 1 N–H and O–H groups in total. The SMILES string of the molecule is Cc1cccnc1Sc1nnc(C2CCNCC2)n1C. The first-order valence-corrected chi connectivity index (χ1v) is 7.77. The van der Waals surface area contributed by atoms with Crippen LogP contribution in [0.4, 0.5) is 0 Å². The van der Waals surface area contributed by atoms with Crippen LogP contribution in [0, 0.1) is 6.92 Å². The molecule has 0 amide bonds. The molecular weight excluding hydrogens is 270 g/mol. The molecule has 0 bridgehead atoms. The van der Waals surface area contributed by atoms with Gasteiger partial charge >= 0.3 is 0 Å². The van der Waals surface area contributed by atoms with E-state index in [1.807, 2.05) is 12.3 Å². The van der Waals surface area contributed by atoms with Gasteiger partial charge in [-0.05, 0) is 56.2 Å². The molecule has 0 aliphatic carbocycles. The van der Waals surface area contributed by atoms with Gasteiger partial charge in [0.05, 0.1) is 0 Å². The minimum atomic E-state index is 0.521. The molecule has 106 valence electrons. The Morgan fingerprint density at radius 2 is 2.10 bits per heavy atom. The molecule has 3 heterocycles. The highest BCUT2D eigenvalue weighted by atomic mass is 32.2. The topological polar surface area (TPSA) is 55.6 Å². The number of hydrogen-bond donors (Lipinski definition) is 1. The van der Waals surface area contributed by atoms with Gasteiger partial charge in [0.25, 0.3) is 0 Å². The Kier molecular flexibility index (Phi) is 4.03. The lowest BCUT2D eigenvalue weighted by atomic mass is 9.97. The summed E-state index contributed by atoms with van der Waals surface area (Å²) in [6.07, 6.45) is 4.10. The van der Waals surface area contributed by atoms with Crippen LogP contribution in [0.15, 0.2) is 28.5 Å². The molecule has 0 unspecified atom stereocenters. The molecule has 20 heavy (non-hydrogen) atoms. The highest BCUT2D eigenvalue weighted by Crippen LogP contribution is 2.30. The van der Waals surface area contributed by atoms with Crippen molar-refractivity contribution in [3.63, 3.8) is 0 Å². The molecule has 0 spiro atoms. The number of aromatic nitrogens is 4. The van der Waals surface area contributed by atoms with E-state index in [-0.39, 0.29) is 0 Å². The smallest absolute Gasteiger partial charge is 0.197 e. The summed E-state index contributed by atoms with van der Waals surface area (Å²) in [7, 11) is 2.05. The molecule has 1 fully saturated rings. The monoisotopic (exact) mass is 289 g/mol. The van der Waals surface area contributed by atoms with Gasteiger partial charge in [-0.25, -0.2) is 4.98 Å². The second kappa shape index (κ2) is 5.93. The lowest BCUT2D eigenvalue weighted by Gasteiger charge is -2.21. The molecule has 1 aliphatic rings. The summed E-state index contributed by atoms with van der Waals surface area (Å²) in [6.45, 7) is 4.21. The molecule has 0 radical (unpaired) electrons. The predicted octanol–water partition coefficient (Wildman–Crippen LogP) is 2.14. The lowest BCUT2D eigenvalue weighted by molar-refractivity contribution is 0.434. The van der Waals surface area contributed by atoms with E-state index in [1.54, 1.807) is 11.8 Å². The number of hydrogen-bond acceptors (Lipinski definition) is 5. The Bertz CT molecular complexity index is 589. The second-order valence-corrected chi connectivity index (χ2v) is 6.11.